The lowest BCUT2D eigenvalue weighted by Crippen LogP contribution is -2.51. The number of ether oxygens (including phenoxy) is 2. The number of nitrogens with zero attached hydrogens (tertiary/aromatic N) is 2. The maximum Gasteiger partial charge on any atom is 0.242 e. The monoisotopic (exact) mass is 684 g/mol. The lowest BCUT2D eigenvalue weighted by Gasteiger charge is -2.35. The van der Waals surface area contributed by atoms with E-state index in [4.69, 9.17) is 14.9 Å². The fourth-order valence-corrected chi connectivity index (χ4v) is 9.50. The van der Waals surface area contributed by atoms with E-state index in [1.54, 1.807) is 0 Å². The van der Waals surface area contributed by atoms with Crippen LogP contribution in [0.2, 0.25) is 0 Å². The summed E-state index contributed by atoms with van der Waals surface area (Å²) < 4.78 is 12.0. The molecule has 8 heteroatoms. The number of rotatable bonds is 19. The third kappa shape index (κ3) is 9.68. The SMILES string of the molecule is CCCCCCCCCCOC(=N)c1ccc(COc2ccccc2CN2CCN(C(=O)CNC(=O)CC34CC5CC(CC3C5)C4)CC2)cc1. The Morgan fingerprint density at radius 1 is 0.860 bits per heavy atom. The summed E-state index contributed by atoms with van der Waals surface area (Å²) in [6.45, 7) is 7.06. The average Bonchev–Trinajstić information content (AvgIpc) is 3.51. The van der Waals surface area contributed by atoms with Crippen LogP contribution < -0.4 is 10.1 Å². The van der Waals surface area contributed by atoms with Crippen molar-refractivity contribution >= 4 is 17.7 Å². The number of benzene rings is 2. The number of carbonyl (C=O) groups is 2. The van der Waals surface area contributed by atoms with Crippen molar-refractivity contribution in [2.45, 2.75) is 110 Å². The van der Waals surface area contributed by atoms with Crippen molar-refractivity contribution in [1.82, 2.24) is 15.1 Å². The van der Waals surface area contributed by atoms with Gasteiger partial charge in [-0.3, -0.25) is 19.9 Å². The summed E-state index contributed by atoms with van der Waals surface area (Å²) in [6, 6.07) is 16.1. The van der Waals surface area contributed by atoms with E-state index in [9.17, 15) is 9.59 Å². The van der Waals surface area contributed by atoms with Crippen LogP contribution in [-0.4, -0.2) is 66.8 Å². The zero-order valence-electron chi connectivity index (χ0n) is 30.4. The first-order valence-electron chi connectivity index (χ1n) is 19.7. The lowest BCUT2D eigenvalue weighted by atomic mass is 9.73. The van der Waals surface area contributed by atoms with Gasteiger partial charge in [-0.15, -0.1) is 0 Å². The quantitative estimate of drug-likeness (QED) is 0.0898. The fourth-order valence-electron chi connectivity index (χ4n) is 9.50. The smallest absolute Gasteiger partial charge is 0.242 e. The molecule has 8 nitrogen and oxygen atoms in total. The number of nitrogens with one attached hydrogen (secondary N) is 2. The van der Waals surface area contributed by atoms with E-state index >= 15 is 0 Å². The van der Waals surface area contributed by atoms with Crippen LogP contribution in [0.4, 0.5) is 0 Å². The first kappa shape index (κ1) is 36.4. The van der Waals surface area contributed by atoms with Gasteiger partial charge in [0.05, 0.1) is 13.2 Å². The molecule has 2 N–H and O–H groups in total. The second-order valence-corrected chi connectivity index (χ2v) is 15.8. The summed E-state index contributed by atoms with van der Waals surface area (Å²) in [4.78, 5) is 30.1. The van der Waals surface area contributed by atoms with Crippen LogP contribution in [0.5, 0.6) is 5.75 Å². The molecule has 1 saturated heterocycles. The van der Waals surface area contributed by atoms with Gasteiger partial charge in [0.2, 0.25) is 17.7 Å². The van der Waals surface area contributed by atoms with Crippen LogP contribution >= 0.6 is 0 Å². The Morgan fingerprint density at radius 3 is 2.26 bits per heavy atom. The highest BCUT2D eigenvalue weighted by Crippen LogP contribution is 2.66. The first-order chi connectivity index (χ1) is 24.4. The second kappa shape index (κ2) is 17.7. The number of carbonyl (C=O) groups excluding carboxylic acids is 2. The molecule has 272 valence electrons. The van der Waals surface area contributed by atoms with E-state index < -0.39 is 0 Å². The Hall–Kier alpha value is -3.39. The van der Waals surface area contributed by atoms with E-state index in [-0.39, 0.29) is 29.7 Å². The van der Waals surface area contributed by atoms with Crippen LogP contribution in [0, 0.1) is 28.6 Å². The van der Waals surface area contributed by atoms with Crippen molar-refractivity contribution in [2.75, 3.05) is 39.3 Å². The highest BCUT2D eigenvalue weighted by Gasteiger charge is 2.58. The Labute approximate surface area is 300 Å². The highest BCUT2D eigenvalue weighted by atomic mass is 16.5. The molecule has 0 aromatic heterocycles. The van der Waals surface area contributed by atoms with Crippen LogP contribution in [-0.2, 0) is 27.5 Å². The molecule has 2 unspecified atom stereocenters. The van der Waals surface area contributed by atoms with Gasteiger partial charge in [-0.1, -0.05) is 82.2 Å². The molecule has 4 aliphatic carbocycles. The van der Waals surface area contributed by atoms with Gasteiger partial charge in [0.1, 0.15) is 12.4 Å². The van der Waals surface area contributed by atoms with Crippen molar-refractivity contribution in [3.05, 3.63) is 65.2 Å². The first-order valence-corrected chi connectivity index (χ1v) is 19.7. The predicted molar refractivity (Wildman–Crippen MR) is 198 cm³/mol. The summed E-state index contributed by atoms with van der Waals surface area (Å²) in [5.74, 6) is 3.59. The molecule has 1 heterocycles. The second-order valence-electron chi connectivity index (χ2n) is 15.8. The van der Waals surface area contributed by atoms with E-state index in [0.717, 1.165) is 72.7 Å². The van der Waals surface area contributed by atoms with Gasteiger partial charge in [-0.2, -0.15) is 0 Å². The van der Waals surface area contributed by atoms with E-state index in [0.29, 0.717) is 32.7 Å². The van der Waals surface area contributed by atoms with Gasteiger partial charge in [-0.05, 0) is 85.5 Å². The van der Waals surface area contributed by atoms with Crippen molar-refractivity contribution in [1.29, 1.82) is 5.41 Å². The van der Waals surface area contributed by atoms with Crippen LogP contribution in [0.25, 0.3) is 0 Å². The van der Waals surface area contributed by atoms with Gasteiger partial charge in [0.25, 0.3) is 0 Å². The lowest BCUT2D eigenvalue weighted by molar-refractivity contribution is -0.135. The largest absolute Gasteiger partial charge is 0.489 e. The zero-order chi connectivity index (χ0) is 34.8. The fraction of sp³-hybridized carbons (Fsp3) is 0.643. The third-order valence-electron chi connectivity index (χ3n) is 12.1. The third-order valence-corrected chi connectivity index (χ3v) is 12.1. The summed E-state index contributed by atoms with van der Waals surface area (Å²) >= 11 is 0. The number of unbranched alkanes of at least 4 members (excludes halogenated alkanes) is 7. The Morgan fingerprint density at radius 2 is 1.54 bits per heavy atom. The minimum absolute atomic E-state index is 0.0210. The molecule has 4 saturated carbocycles. The number of hydrogen-bond acceptors (Lipinski definition) is 6. The van der Waals surface area contributed by atoms with Crippen molar-refractivity contribution in [3.8, 4) is 5.75 Å². The summed E-state index contributed by atoms with van der Waals surface area (Å²) in [6.07, 6.45) is 17.1. The Bertz CT molecular complexity index is 1410. The average molecular weight is 685 g/mol. The molecule has 50 heavy (non-hydrogen) atoms. The molecule has 2 amide bonds. The van der Waals surface area contributed by atoms with Crippen molar-refractivity contribution in [2.24, 2.45) is 23.2 Å². The highest BCUT2D eigenvalue weighted by molar-refractivity contribution is 5.91. The van der Waals surface area contributed by atoms with E-state index in [1.807, 2.05) is 47.4 Å². The van der Waals surface area contributed by atoms with Crippen molar-refractivity contribution in [3.63, 3.8) is 0 Å². The number of piperazine rings is 1. The topological polar surface area (TPSA) is 95.0 Å². The maximum absolute atomic E-state index is 13.0. The molecule has 4 bridgehead atoms. The molecule has 2 atom stereocenters. The maximum atomic E-state index is 13.0. The van der Waals surface area contributed by atoms with E-state index in [1.165, 1.54) is 70.6 Å². The van der Waals surface area contributed by atoms with Crippen LogP contribution in [0.1, 0.15) is 114 Å². The normalized spacial score (nSPS) is 24.0. The molecule has 2 aromatic carbocycles. The molecule has 7 rings (SSSR count). The number of amides is 2. The van der Waals surface area contributed by atoms with Crippen LogP contribution in [0.3, 0.4) is 0 Å². The van der Waals surface area contributed by atoms with Gasteiger partial charge in [0, 0.05) is 50.3 Å². The molecule has 0 radical (unpaired) electrons. The van der Waals surface area contributed by atoms with Crippen molar-refractivity contribution < 1.29 is 19.1 Å². The summed E-state index contributed by atoms with van der Waals surface area (Å²) in [7, 11) is 0. The van der Waals surface area contributed by atoms with Crippen LogP contribution in [0.15, 0.2) is 48.5 Å². The minimum atomic E-state index is 0.0210. The molecule has 1 aliphatic heterocycles. The zero-order valence-corrected chi connectivity index (χ0v) is 30.4. The molecule has 2 aromatic rings. The minimum Gasteiger partial charge on any atom is -0.489 e. The predicted octanol–water partition coefficient (Wildman–Crippen LogP) is 7.73. The molecule has 0 spiro atoms. The standard InChI is InChI=1S/C42H60N4O4/c1-2-3-4-5-6-7-8-11-22-49-41(43)35-16-14-32(15-17-35)31-50-38-13-10-9-12-36(38)30-45-18-20-46(21-19-45)40(48)29-44-39(47)28-42-26-33-23-34(27-42)25-37(42)24-33/h9-10,12-17,33-34,37,43H,2-8,11,18-31H2,1H3,(H,44,47). The Kier molecular flexibility index (Phi) is 12.9. The van der Waals surface area contributed by atoms with E-state index in [2.05, 4.69) is 23.2 Å². The molecular formula is C42H60N4O4. The summed E-state index contributed by atoms with van der Waals surface area (Å²) in [5, 5.41) is 11.3. The van der Waals surface area contributed by atoms with Gasteiger partial charge < -0.3 is 19.7 Å². The Balaban J connectivity index is 0.869. The molecule has 5 aliphatic rings. The number of para-hydroxylation sites is 1. The van der Waals surface area contributed by atoms with Gasteiger partial charge in [0.15, 0.2) is 0 Å². The van der Waals surface area contributed by atoms with Gasteiger partial charge in [-0.25, -0.2) is 0 Å². The molecular weight excluding hydrogens is 624 g/mol. The summed E-state index contributed by atoms with van der Waals surface area (Å²) in [5.41, 5.74) is 3.18. The number of hydrogen-bond donors (Lipinski definition) is 2. The molecule has 5 fully saturated rings. The van der Waals surface area contributed by atoms with Gasteiger partial charge >= 0.3 is 0 Å².